The van der Waals surface area contributed by atoms with Crippen LogP contribution in [0.3, 0.4) is 0 Å². The first kappa shape index (κ1) is 15.7. The highest BCUT2D eigenvalue weighted by atomic mass is 19.1. The number of ether oxygens (including phenoxy) is 1. The van der Waals surface area contributed by atoms with Crippen LogP contribution in [0.5, 0.6) is 5.75 Å². The Morgan fingerprint density at radius 3 is 2.58 bits per heavy atom. The van der Waals surface area contributed by atoms with Crippen molar-refractivity contribution in [3.63, 3.8) is 0 Å². The molecular formula is C18H16FN3O2. The number of nitrogens with zero attached hydrogens (tertiary/aromatic N) is 2. The van der Waals surface area contributed by atoms with Crippen molar-refractivity contribution in [2.24, 2.45) is 0 Å². The lowest BCUT2D eigenvalue weighted by Crippen LogP contribution is -2.13. The summed E-state index contributed by atoms with van der Waals surface area (Å²) < 4.78 is 20.0. The minimum absolute atomic E-state index is 0.271. The van der Waals surface area contributed by atoms with Crippen LogP contribution in [0.2, 0.25) is 0 Å². The van der Waals surface area contributed by atoms with E-state index in [1.807, 2.05) is 24.3 Å². The van der Waals surface area contributed by atoms with Gasteiger partial charge in [-0.1, -0.05) is 0 Å². The summed E-state index contributed by atoms with van der Waals surface area (Å²) in [6, 6.07) is 13.4. The molecule has 0 radical (unpaired) electrons. The van der Waals surface area contributed by atoms with Crippen molar-refractivity contribution in [3.05, 3.63) is 71.8 Å². The van der Waals surface area contributed by atoms with Crippen LogP contribution in [0.15, 0.2) is 54.7 Å². The van der Waals surface area contributed by atoms with Gasteiger partial charge >= 0.3 is 0 Å². The Morgan fingerprint density at radius 1 is 1.17 bits per heavy atom. The van der Waals surface area contributed by atoms with Crippen molar-refractivity contribution < 1.29 is 13.9 Å². The third-order valence-corrected chi connectivity index (χ3v) is 3.57. The van der Waals surface area contributed by atoms with Crippen molar-refractivity contribution >= 4 is 11.6 Å². The van der Waals surface area contributed by atoms with Crippen LogP contribution in [0.4, 0.5) is 10.1 Å². The maximum Gasteiger partial charge on any atom is 0.276 e. The molecule has 2 aromatic carbocycles. The lowest BCUT2D eigenvalue weighted by atomic mass is 10.2. The van der Waals surface area contributed by atoms with Crippen molar-refractivity contribution in [3.8, 4) is 11.4 Å². The van der Waals surface area contributed by atoms with E-state index in [4.69, 9.17) is 4.74 Å². The molecule has 1 amide bonds. The fraction of sp³-hybridized carbons (Fsp3) is 0.111. The fourth-order valence-corrected chi connectivity index (χ4v) is 2.24. The van der Waals surface area contributed by atoms with Gasteiger partial charge in [0, 0.05) is 11.9 Å². The van der Waals surface area contributed by atoms with E-state index in [0.717, 1.165) is 11.4 Å². The van der Waals surface area contributed by atoms with Crippen LogP contribution in [-0.4, -0.2) is 22.8 Å². The van der Waals surface area contributed by atoms with Gasteiger partial charge in [0.15, 0.2) is 5.69 Å². The van der Waals surface area contributed by atoms with Crippen LogP contribution in [0.25, 0.3) is 5.69 Å². The van der Waals surface area contributed by atoms with Crippen molar-refractivity contribution in [1.29, 1.82) is 0 Å². The molecule has 0 saturated heterocycles. The first-order valence-electron chi connectivity index (χ1n) is 7.34. The van der Waals surface area contributed by atoms with E-state index < -0.39 is 0 Å². The third kappa shape index (κ3) is 3.27. The molecule has 24 heavy (non-hydrogen) atoms. The van der Waals surface area contributed by atoms with E-state index in [2.05, 4.69) is 10.4 Å². The second kappa shape index (κ2) is 6.54. The van der Waals surface area contributed by atoms with Crippen LogP contribution < -0.4 is 10.1 Å². The molecule has 3 aromatic rings. The predicted molar refractivity (Wildman–Crippen MR) is 89.2 cm³/mol. The maximum atomic E-state index is 13.3. The summed E-state index contributed by atoms with van der Waals surface area (Å²) >= 11 is 0. The highest BCUT2D eigenvalue weighted by Gasteiger charge is 2.11. The topological polar surface area (TPSA) is 56.1 Å². The van der Waals surface area contributed by atoms with Gasteiger partial charge in [-0.3, -0.25) is 4.79 Å². The van der Waals surface area contributed by atoms with E-state index in [9.17, 15) is 9.18 Å². The van der Waals surface area contributed by atoms with Gasteiger partial charge in [-0.25, -0.2) is 9.07 Å². The molecule has 0 bridgehead atoms. The Hall–Kier alpha value is -3.15. The minimum Gasteiger partial charge on any atom is -0.497 e. The van der Waals surface area contributed by atoms with Crippen molar-refractivity contribution in [1.82, 2.24) is 9.78 Å². The normalized spacial score (nSPS) is 10.5. The summed E-state index contributed by atoms with van der Waals surface area (Å²) in [4.78, 5) is 12.3. The summed E-state index contributed by atoms with van der Waals surface area (Å²) in [5.41, 5.74) is 2.08. The number of hydrogen-bond donors (Lipinski definition) is 1. The number of aryl methyl sites for hydroxylation is 1. The molecule has 0 spiro atoms. The van der Waals surface area contributed by atoms with E-state index >= 15 is 0 Å². The van der Waals surface area contributed by atoms with Crippen LogP contribution in [0, 0.1) is 12.7 Å². The van der Waals surface area contributed by atoms with E-state index in [1.165, 1.54) is 12.1 Å². The van der Waals surface area contributed by atoms with E-state index in [1.54, 1.807) is 37.0 Å². The SMILES string of the molecule is COc1ccc(-n2ccc(C(=O)Nc3ccc(F)c(C)c3)n2)cc1. The van der Waals surface area contributed by atoms with Crippen LogP contribution in [-0.2, 0) is 0 Å². The molecule has 0 aliphatic rings. The highest BCUT2D eigenvalue weighted by molar-refractivity contribution is 6.02. The zero-order valence-corrected chi connectivity index (χ0v) is 13.3. The van der Waals surface area contributed by atoms with Gasteiger partial charge in [0.25, 0.3) is 5.91 Å². The lowest BCUT2D eigenvalue weighted by Gasteiger charge is -2.05. The molecule has 0 fully saturated rings. The van der Waals surface area contributed by atoms with Gasteiger partial charge in [-0.05, 0) is 61.0 Å². The van der Waals surface area contributed by atoms with Gasteiger partial charge in [0.05, 0.1) is 12.8 Å². The number of amides is 1. The van der Waals surface area contributed by atoms with Gasteiger partial charge in [0.1, 0.15) is 11.6 Å². The number of halogens is 1. The Balaban J connectivity index is 1.76. The molecule has 3 rings (SSSR count). The second-order valence-electron chi connectivity index (χ2n) is 5.26. The number of hydrogen-bond acceptors (Lipinski definition) is 3. The number of aromatic nitrogens is 2. The summed E-state index contributed by atoms with van der Waals surface area (Å²) in [6.07, 6.45) is 1.70. The number of carbonyl (C=O) groups excluding carboxylic acids is 1. The first-order chi connectivity index (χ1) is 11.6. The standard InChI is InChI=1S/C18H16FN3O2/c1-12-11-13(3-8-16(12)19)20-18(23)17-9-10-22(21-17)14-4-6-15(24-2)7-5-14/h3-11H,1-2H3,(H,20,23). The summed E-state index contributed by atoms with van der Waals surface area (Å²) in [5.74, 6) is 0.0839. The fourth-order valence-electron chi connectivity index (χ4n) is 2.24. The Kier molecular flexibility index (Phi) is 4.29. The zero-order chi connectivity index (χ0) is 17.1. The Morgan fingerprint density at radius 2 is 1.92 bits per heavy atom. The molecule has 0 unspecified atom stereocenters. The van der Waals surface area contributed by atoms with Gasteiger partial charge < -0.3 is 10.1 Å². The quantitative estimate of drug-likeness (QED) is 0.797. The lowest BCUT2D eigenvalue weighted by molar-refractivity contribution is 0.102. The van der Waals surface area contributed by atoms with E-state index in [-0.39, 0.29) is 17.4 Å². The summed E-state index contributed by atoms with van der Waals surface area (Å²) in [7, 11) is 1.60. The molecule has 0 aliphatic carbocycles. The van der Waals surface area contributed by atoms with Gasteiger partial charge in [-0.2, -0.15) is 5.10 Å². The summed E-state index contributed by atoms with van der Waals surface area (Å²) in [6.45, 7) is 1.64. The molecule has 0 atom stereocenters. The second-order valence-corrected chi connectivity index (χ2v) is 5.26. The number of rotatable bonds is 4. The van der Waals surface area contributed by atoms with Crippen LogP contribution >= 0.6 is 0 Å². The highest BCUT2D eigenvalue weighted by Crippen LogP contribution is 2.16. The van der Waals surface area contributed by atoms with Gasteiger partial charge in [0.2, 0.25) is 0 Å². The first-order valence-corrected chi connectivity index (χ1v) is 7.34. The largest absolute Gasteiger partial charge is 0.497 e. The molecule has 6 heteroatoms. The molecule has 0 saturated carbocycles. The smallest absolute Gasteiger partial charge is 0.276 e. The Labute approximate surface area is 138 Å². The summed E-state index contributed by atoms with van der Waals surface area (Å²) in [5, 5.41) is 6.97. The third-order valence-electron chi connectivity index (χ3n) is 3.57. The Bertz CT molecular complexity index is 872. The molecule has 0 aliphatic heterocycles. The van der Waals surface area contributed by atoms with Crippen molar-refractivity contribution in [2.75, 3.05) is 12.4 Å². The molecule has 5 nitrogen and oxygen atoms in total. The zero-order valence-electron chi connectivity index (χ0n) is 13.3. The average Bonchev–Trinajstić information content (AvgIpc) is 3.08. The van der Waals surface area contributed by atoms with Gasteiger partial charge in [-0.15, -0.1) is 0 Å². The molecule has 1 heterocycles. The molecule has 1 aromatic heterocycles. The van der Waals surface area contributed by atoms with E-state index in [0.29, 0.717) is 11.3 Å². The minimum atomic E-state index is -0.353. The maximum absolute atomic E-state index is 13.3. The van der Waals surface area contributed by atoms with Crippen molar-refractivity contribution in [2.45, 2.75) is 6.92 Å². The average molecular weight is 325 g/mol. The number of carbonyl (C=O) groups is 1. The molecular weight excluding hydrogens is 309 g/mol. The predicted octanol–water partition coefficient (Wildman–Crippen LogP) is 3.58. The number of methoxy groups -OCH3 is 1. The molecule has 1 N–H and O–H groups in total. The number of nitrogens with one attached hydrogen (secondary N) is 1. The van der Waals surface area contributed by atoms with Crippen LogP contribution in [0.1, 0.15) is 16.1 Å². The molecule has 122 valence electrons. The number of benzene rings is 2. The monoisotopic (exact) mass is 325 g/mol. The number of anilines is 1.